The van der Waals surface area contributed by atoms with Crippen LogP contribution >= 0.6 is 15.9 Å². The number of fused-ring (bicyclic) bond motifs is 1. The first-order valence-electron chi connectivity index (χ1n) is 8.17. The molecule has 2 aromatic carbocycles. The number of nitro groups is 1. The van der Waals surface area contributed by atoms with Crippen molar-refractivity contribution in [3.63, 3.8) is 0 Å². The highest BCUT2D eigenvalue weighted by Crippen LogP contribution is 2.42. The van der Waals surface area contributed by atoms with Gasteiger partial charge in [0.15, 0.2) is 0 Å². The lowest BCUT2D eigenvalue weighted by Crippen LogP contribution is -2.02. The monoisotopic (exact) mass is 427 g/mol. The molecule has 1 heterocycles. The molecule has 0 atom stereocenters. The zero-order valence-electron chi connectivity index (χ0n) is 15.1. The number of halogens is 1. The van der Waals surface area contributed by atoms with Crippen molar-refractivity contribution in [1.29, 1.82) is 0 Å². The number of rotatable bonds is 5. The van der Waals surface area contributed by atoms with Gasteiger partial charge in [-0.25, -0.2) is 0 Å². The summed E-state index contributed by atoms with van der Waals surface area (Å²) in [5, 5.41) is 12.5. The molecule has 27 heavy (non-hydrogen) atoms. The second-order valence-corrected chi connectivity index (χ2v) is 6.97. The molecule has 3 rings (SSSR count). The predicted molar refractivity (Wildman–Crippen MR) is 111 cm³/mol. The third-order valence-corrected chi connectivity index (χ3v) is 4.79. The Morgan fingerprint density at radius 1 is 1.22 bits per heavy atom. The van der Waals surface area contributed by atoms with Gasteiger partial charge in [0.05, 0.1) is 23.0 Å². The summed E-state index contributed by atoms with van der Waals surface area (Å²) in [6.07, 6.45) is 5.11. The predicted octanol–water partition coefficient (Wildman–Crippen LogP) is 5.11. The number of hydrogen-bond acceptors (Lipinski definition) is 5. The van der Waals surface area contributed by atoms with E-state index < -0.39 is 0 Å². The van der Waals surface area contributed by atoms with Crippen LogP contribution in [0.4, 0.5) is 5.69 Å². The van der Waals surface area contributed by atoms with Gasteiger partial charge in [0.2, 0.25) is 0 Å². The third kappa shape index (κ3) is 3.64. The van der Waals surface area contributed by atoms with E-state index in [1.54, 1.807) is 30.6 Å². The molecule has 0 aliphatic carbocycles. The molecule has 1 aromatic heterocycles. The van der Waals surface area contributed by atoms with Gasteiger partial charge in [-0.15, -0.1) is 0 Å². The van der Waals surface area contributed by atoms with E-state index in [4.69, 9.17) is 4.74 Å². The van der Waals surface area contributed by atoms with E-state index in [1.807, 2.05) is 43.3 Å². The first kappa shape index (κ1) is 18.8. The Bertz CT molecular complexity index is 1050. The minimum atomic E-state index is -0.362. The summed E-state index contributed by atoms with van der Waals surface area (Å²) in [5.74, 6) is 0.489. The van der Waals surface area contributed by atoms with Gasteiger partial charge in [-0.3, -0.25) is 15.1 Å². The fourth-order valence-electron chi connectivity index (χ4n) is 2.92. The quantitative estimate of drug-likeness (QED) is 0.417. The van der Waals surface area contributed by atoms with Crippen molar-refractivity contribution in [2.45, 2.75) is 0 Å². The third-order valence-electron chi connectivity index (χ3n) is 4.10. The molecule has 0 radical (unpaired) electrons. The van der Waals surface area contributed by atoms with Gasteiger partial charge in [0.1, 0.15) is 11.3 Å². The Hall–Kier alpha value is -2.93. The molecule has 3 aromatic rings. The van der Waals surface area contributed by atoms with E-state index in [9.17, 15) is 10.1 Å². The summed E-state index contributed by atoms with van der Waals surface area (Å²) >= 11 is 3.54. The number of hydrogen-bond donors (Lipinski definition) is 0. The van der Waals surface area contributed by atoms with Crippen LogP contribution in [0.5, 0.6) is 5.75 Å². The Morgan fingerprint density at radius 2 is 1.96 bits per heavy atom. The maximum Gasteiger partial charge on any atom is 0.286 e. The molecule has 6 nitrogen and oxygen atoms in total. The standard InChI is InChI=1S/C20H18BrN3O3/c1-23(2)11-9-13-12-17(27-3)19-18(20(13)24(25)26)15(8-10-22-19)14-6-4-5-7-16(14)21/h4-12H,1-3H3/b11-9-. The van der Waals surface area contributed by atoms with Gasteiger partial charge in [-0.2, -0.15) is 0 Å². The summed E-state index contributed by atoms with van der Waals surface area (Å²) in [6, 6.07) is 11.0. The summed E-state index contributed by atoms with van der Waals surface area (Å²) in [7, 11) is 5.25. The van der Waals surface area contributed by atoms with E-state index in [0.29, 0.717) is 22.2 Å². The van der Waals surface area contributed by atoms with Crippen molar-refractivity contribution in [3.8, 4) is 16.9 Å². The van der Waals surface area contributed by atoms with Crippen LogP contribution in [0.3, 0.4) is 0 Å². The van der Waals surface area contributed by atoms with Crippen LogP contribution in [-0.2, 0) is 0 Å². The zero-order valence-corrected chi connectivity index (χ0v) is 16.7. The van der Waals surface area contributed by atoms with E-state index in [-0.39, 0.29) is 10.6 Å². The summed E-state index contributed by atoms with van der Waals surface area (Å²) in [5.41, 5.74) is 2.49. The van der Waals surface area contributed by atoms with E-state index in [1.165, 1.54) is 7.11 Å². The summed E-state index contributed by atoms with van der Waals surface area (Å²) < 4.78 is 6.33. The van der Waals surface area contributed by atoms with Gasteiger partial charge in [0.25, 0.3) is 5.69 Å². The lowest BCUT2D eigenvalue weighted by atomic mass is 9.97. The van der Waals surface area contributed by atoms with Gasteiger partial charge in [0, 0.05) is 30.3 Å². The van der Waals surface area contributed by atoms with Crippen LogP contribution in [0.15, 0.2) is 53.3 Å². The Labute approximate surface area is 165 Å². The molecular formula is C20H18BrN3O3. The second-order valence-electron chi connectivity index (χ2n) is 6.12. The van der Waals surface area contributed by atoms with Gasteiger partial charge in [-0.1, -0.05) is 34.1 Å². The highest BCUT2D eigenvalue weighted by molar-refractivity contribution is 9.10. The van der Waals surface area contributed by atoms with Crippen LogP contribution in [0.1, 0.15) is 5.56 Å². The molecule has 0 unspecified atom stereocenters. The van der Waals surface area contributed by atoms with Crippen LogP contribution in [0, 0.1) is 10.1 Å². The Balaban J connectivity index is 2.47. The molecule has 0 saturated heterocycles. The first-order valence-corrected chi connectivity index (χ1v) is 8.97. The first-order chi connectivity index (χ1) is 12.9. The number of ether oxygens (including phenoxy) is 1. The van der Waals surface area contributed by atoms with Crippen molar-refractivity contribution >= 4 is 38.6 Å². The van der Waals surface area contributed by atoms with Crippen LogP contribution in [0.25, 0.3) is 28.1 Å². The normalized spacial score (nSPS) is 11.1. The van der Waals surface area contributed by atoms with E-state index in [0.717, 1.165) is 15.6 Å². The maximum atomic E-state index is 12.0. The largest absolute Gasteiger partial charge is 0.494 e. The maximum absolute atomic E-state index is 12.0. The van der Waals surface area contributed by atoms with Crippen molar-refractivity contribution in [2.75, 3.05) is 21.2 Å². The van der Waals surface area contributed by atoms with Crippen molar-refractivity contribution < 1.29 is 9.66 Å². The number of pyridine rings is 1. The van der Waals surface area contributed by atoms with E-state index >= 15 is 0 Å². The number of nitrogens with zero attached hydrogens (tertiary/aromatic N) is 3. The molecule has 0 fully saturated rings. The molecule has 7 heteroatoms. The average Bonchev–Trinajstić information content (AvgIpc) is 2.65. The lowest BCUT2D eigenvalue weighted by molar-refractivity contribution is -0.383. The molecule has 0 N–H and O–H groups in total. The Kier molecular flexibility index (Phi) is 5.41. The fourth-order valence-corrected chi connectivity index (χ4v) is 3.42. The van der Waals surface area contributed by atoms with Crippen LogP contribution < -0.4 is 4.74 Å². The topological polar surface area (TPSA) is 68.5 Å². The van der Waals surface area contributed by atoms with E-state index in [2.05, 4.69) is 20.9 Å². The minimum absolute atomic E-state index is 0.00255. The number of benzene rings is 2. The van der Waals surface area contributed by atoms with Crippen LogP contribution in [-0.4, -0.2) is 36.0 Å². The van der Waals surface area contributed by atoms with Crippen molar-refractivity contribution in [1.82, 2.24) is 9.88 Å². The van der Waals surface area contributed by atoms with Gasteiger partial charge >= 0.3 is 0 Å². The molecule has 0 spiro atoms. The average molecular weight is 428 g/mol. The molecule has 0 aliphatic rings. The second kappa shape index (κ2) is 7.75. The molecule has 0 aliphatic heterocycles. The smallest absolute Gasteiger partial charge is 0.286 e. The van der Waals surface area contributed by atoms with Crippen LogP contribution in [0.2, 0.25) is 0 Å². The minimum Gasteiger partial charge on any atom is -0.494 e. The van der Waals surface area contributed by atoms with Crippen molar-refractivity contribution in [3.05, 3.63) is 68.9 Å². The highest BCUT2D eigenvalue weighted by Gasteiger charge is 2.25. The molecular weight excluding hydrogens is 410 g/mol. The number of nitro benzene ring substituents is 1. The summed E-state index contributed by atoms with van der Waals surface area (Å²) in [4.78, 5) is 17.9. The molecule has 0 bridgehead atoms. The molecule has 138 valence electrons. The molecule has 0 saturated carbocycles. The SMILES string of the molecule is COc1cc(/C=C\N(C)C)c([N+](=O)[O-])c2c(-c3ccccc3Br)ccnc12. The zero-order chi connectivity index (χ0) is 19.6. The van der Waals surface area contributed by atoms with Gasteiger partial charge < -0.3 is 9.64 Å². The summed E-state index contributed by atoms with van der Waals surface area (Å²) in [6.45, 7) is 0. The Morgan fingerprint density at radius 3 is 2.59 bits per heavy atom. The number of methoxy groups -OCH3 is 1. The van der Waals surface area contributed by atoms with Crippen molar-refractivity contribution in [2.24, 2.45) is 0 Å². The lowest BCUT2D eigenvalue weighted by Gasteiger charge is -2.13. The van der Waals surface area contributed by atoms with Gasteiger partial charge in [-0.05, 0) is 36.0 Å². The molecule has 0 amide bonds. The highest BCUT2D eigenvalue weighted by atomic mass is 79.9. The fraction of sp³-hybridized carbons (Fsp3) is 0.150. The number of aromatic nitrogens is 1.